The fourth-order valence-electron chi connectivity index (χ4n) is 1.01. The van der Waals surface area contributed by atoms with Crippen molar-refractivity contribution in [1.29, 1.82) is 4.78 Å². The van der Waals surface area contributed by atoms with Gasteiger partial charge in [-0.25, -0.2) is 4.79 Å². The zero-order chi connectivity index (χ0) is 12.8. The Morgan fingerprint density at radius 3 is 2.38 bits per heavy atom. The second-order valence-corrected chi connectivity index (χ2v) is 7.26. The standard InChI is InChI=1S/C10H22N2O3S/c1-10(2,3)15-9(13)12-7-5-6-8-16(4,11)14/h11H,5-8H2,1-4H3,(H,12,13). The van der Waals surface area contributed by atoms with E-state index in [2.05, 4.69) is 5.32 Å². The zero-order valence-electron chi connectivity index (χ0n) is 10.5. The van der Waals surface area contributed by atoms with E-state index in [9.17, 15) is 9.00 Å². The lowest BCUT2D eigenvalue weighted by Crippen LogP contribution is -2.33. The monoisotopic (exact) mass is 250 g/mol. The van der Waals surface area contributed by atoms with Crippen molar-refractivity contribution in [2.45, 2.75) is 39.2 Å². The van der Waals surface area contributed by atoms with Crippen LogP contribution >= 0.6 is 0 Å². The third kappa shape index (κ3) is 11.3. The van der Waals surface area contributed by atoms with Gasteiger partial charge in [0.2, 0.25) is 0 Å². The van der Waals surface area contributed by atoms with Gasteiger partial charge in [-0.15, -0.1) is 0 Å². The molecule has 0 aliphatic heterocycles. The quantitative estimate of drug-likeness (QED) is 0.732. The molecule has 1 amide bonds. The maximum absolute atomic E-state index is 11.2. The van der Waals surface area contributed by atoms with E-state index in [4.69, 9.17) is 9.52 Å². The van der Waals surface area contributed by atoms with Gasteiger partial charge in [0, 0.05) is 28.3 Å². The van der Waals surface area contributed by atoms with Crippen molar-refractivity contribution in [3.05, 3.63) is 0 Å². The molecule has 2 N–H and O–H groups in total. The van der Waals surface area contributed by atoms with Crippen molar-refractivity contribution in [3.8, 4) is 0 Å². The van der Waals surface area contributed by atoms with Crippen LogP contribution in [0.15, 0.2) is 0 Å². The number of amides is 1. The maximum atomic E-state index is 11.2. The molecule has 5 nitrogen and oxygen atoms in total. The van der Waals surface area contributed by atoms with Crippen LogP contribution in [-0.4, -0.2) is 34.5 Å². The Morgan fingerprint density at radius 2 is 1.94 bits per heavy atom. The molecule has 16 heavy (non-hydrogen) atoms. The number of ether oxygens (including phenoxy) is 1. The molecule has 0 saturated carbocycles. The van der Waals surface area contributed by atoms with Crippen molar-refractivity contribution in [1.82, 2.24) is 5.32 Å². The van der Waals surface area contributed by atoms with E-state index in [0.29, 0.717) is 25.1 Å². The first kappa shape index (κ1) is 15.2. The number of alkyl carbamates (subject to hydrolysis) is 1. The fraction of sp³-hybridized carbons (Fsp3) is 0.900. The third-order valence-electron chi connectivity index (χ3n) is 1.63. The van der Waals surface area contributed by atoms with E-state index in [-0.39, 0.29) is 0 Å². The van der Waals surface area contributed by atoms with E-state index in [1.54, 1.807) is 20.8 Å². The minimum absolute atomic E-state index is 0.378. The highest BCUT2D eigenvalue weighted by atomic mass is 32.2. The number of rotatable bonds is 5. The van der Waals surface area contributed by atoms with Gasteiger partial charge >= 0.3 is 6.09 Å². The lowest BCUT2D eigenvalue weighted by molar-refractivity contribution is 0.0527. The first-order chi connectivity index (χ1) is 7.10. The largest absolute Gasteiger partial charge is 0.444 e. The summed E-state index contributed by atoms with van der Waals surface area (Å²) in [5.41, 5.74) is -0.483. The molecule has 0 rings (SSSR count). The van der Waals surface area contributed by atoms with Crippen LogP contribution in [0.5, 0.6) is 0 Å². The average Bonchev–Trinajstić information content (AvgIpc) is 1.97. The van der Waals surface area contributed by atoms with Crippen molar-refractivity contribution < 1.29 is 13.7 Å². The van der Waals surface area contributed by atoms with Crippen LogP contribution < -0.4 is 5.32 Å². The summed E-state index contributed by atoms with van der Waals surface area (Å²) in [6.07, 6.45) is 2.38. The van der Waals surface area contributed by atoms with Crippen LogP contribution in [0.25, 0.3) is 0 Å². The third-order valence-corrected chi connectivity index (χ3v) is 2.70. The van der Waals surface area contributed by atoms with E-state index < -0.39 is 21.4 Å². The Hall–Kier alpha value is -0.780. The van der Waals surface area contributed by atoms with Gasteiger partial charge < -0.3 is 10.1 Å². The summed E-state index contributed by atoms with van der Waals surface area (Å²) in [5, 5.41) is 2.61. The Labute approximate surface area is 97.9 Å². The van der Waals surface area contributed by atoms with Crippen molar-refractivity contribution in [2.75, 3.05) is 18.6 Å². The first-order valence-corrected chi connectivity index (χ1v) is 7.42. The molecule has 0 aromatic heterocycles. The van der Waals surface area contributed by atoms with Crippen LogP contribution in [0.3, 0.4) is 0 Å². The summed E-state index contributed by atoms with van der Waals surface area (Å²) >= 11 is 0. The molecule has 0 radical (unpaired) electrons. The molecule has 0 aromatic rings. The van der Waals surface area contributed by atoms with Gasteiger partial charge in [0.05, 0.1) is 0 Å². The highest BCUT2D eigenvalue weighted by molar-refractivity contribution is 7.91. The molecule has 0 heterocycles. The summed E-state index contributed by atoms with van der Waals surface area (Å²) in [6.45, 7) is 5.90. The van der Waals surface area contributed by atoms with E-state index >= 15 is 0 Å². The van der Waals surface area contributed by atoms with Crippen LogP contribution in [0.4, 0.5) is 4.79 Å². The van der Waals surface area contributed by atoms with Gasteiger partial charge in [-0.05, 0) is 33.6 Å². The molecule has 1 atom stereocenters. The first-order valence-electron chi connectivity index (χ1n) is 5.28. The fourth-order valence-corrected chi connectivity index (χ4v) is 1.76. The number of carbonyl (C=O) groups is 1. The lowest BCUT2D eigenvalue weighted by atomic mass is 10.2. The molecular weight excluding hydrogens is 228 g/mol. The summed E-state index contributed by atoms with van der Waals surface area (Å²) < 4.78 is 23.3. The molecule has 6 heteroatoms. The number of unbranched alkanes of at least 4 members (excludes halogenated alkanes) is 1. The predicted octanol–water partition coefficient (Wildman–Crippen LogP) is 1.97. The highest BCUT2D eigenvalue weighted by Crippen LogP contribution is 2.06. The molecule has 0 spiro atoms. The van der Waals surface area contributed by atoms with Gasteiger partial charge in [0.25, 0.3) is 0 Å². The summed E-state index contributed by atoms with van der Waals surface area (Å²) in [6, 6.07) is 0. The van der Waals surface area contributed by atoms with Gasteiger partial charge in [-0.1, -0.05) is 0 Å². The van der Waals surface area contributed by atoms with Gasteiger partial charge in [0.15, 0.2) is 0 Å². The topological polar surface area (TPSA) is 79.2 Å². The van der Waals surface area contributed by atoms with Crippen molar-refractivity contribution in [3.63, 3.8) is 0 Å². The average molecular weight is 250 g/mol. The lowest BCUT2D eigenvalue weighted by Gasteiger charge is -2.19. The molecule has 0 saturated heterocycles. The second-order valence-electron chi connectivity index (χ2n) is 4.84. The summed E-state index contributed by atoms with van der Waals surface area (Å²) in [7, 11) is -2.40. The van der Waals surface area contributed by atoms with Gasteiger partial charge in [-0.3, -0.25) is 8.99 Å². The molecule has 1 unspecified atom stereocenters. The molecule has 0 aliphatic rings. The Balaban J connectivity index is 3.57. The minimum Gasteiger partial charge on any atom is -0.444 e. The number of hydrogen-bond acceptors (Lipinski definition) is 4. The Bertz CT molecular complexity index is 317. The number of hydrogen-bond donors (Lipinski definition) is 2. The minimum atomic E-state index is -2.40. The van der Waals surface area contributed by atoms with Crippen molar-refractivity contribution >= 4 is 15.8 Å². The smallest absolute Gasteiger partial charge is 0.407 e. The molecular formula is C10H22N2O3S. The van der Waals surface area contributed by atoms with Crippen LogP contribution in [-0.2, 0) is 14.5 Å². The van der Waals surface area contributed by atoms with E-state index in [0.717, 1.165) is 0 Å². The Morgan fingerprint density at radius 1 is 1.38 bits per heavy atom. The maximum Gasteiger partial charge on any atom is 0.407 e. The number of nitrogens with one attached hydrogen (secondary N) is 2. The summed E-state index contributed by atoms with van der Waals surface area (Å²) in [4.78, 5) is 11.2. The summed E-state index contributed by atoms with van der Waals surface area (Å²) in [5.74, 6) is 0.378. The molecule has 0 aliphatic carbocycles. The molecule has 0 fully saturated rings. The van der Waals surface area contributed by atoms with Crippen LogP contribution in [0.1, 0.15) is 33.6 Å². The second kappa shape index (κ2) is 6.08. The van der Waals surface area contributed by atoms with Gasteiger partial charge in [0.1, 0.15) is 5.60 Å². The molecule has 0 bridgehead atoms. The molecule has 96 valence electrons. The highest BCUT2D eigenvalue weighted by Gasteiger charge is 2.15. The normalized spacial score (nSPS) is 15.2. The predicted molar refractivity (Wildman–Crippen MR) is 65.1 cm³/mol. The SMILES string of the molecule is CC(C)(C)OC(=O)NCCCCS(C)(=N)=O. The van der Waals surface area contributed by atoms with E-state index in [1.165, 1.54) is 6.26 Å². The zero-order valence-corrected chi connectivity index (χ0v) is 11.3. The van der Waals surface area contributed by atoms with E-state index in [1.807, 2.05) is 0 Å². The van der Waals surface area contributed by atoms with Gasteiger partial charge in [-0.2, -0.15) is 0 Å². The van der Waals surface area contributed by atoms with Crippen LogP contribution in [0.2, 0.25) is 0 Å². The molecule has 0 aromatic carbocycles. The van der Waals surface area contributed by atoms with Crippen LogP contribution in [0, 0.1) is 4.78 Å². The Kier molecular flexibility index (Phi) is 5.78. The van der Waals surface area contributed by atoms with Crippen molar-refractivity contribution in [2.24, 2.45) is 0 Å². The number of carbonyl (C=O) groups excluding carboxylic acids is 1.